The van der Waals surface area contributed by atoms with Gasteiger partial charge in [0, 0.05) is 18.5 Å². The molecular weight excluding hydrogens is 226 g/mol. The number of rotatable bonds is 4. The third-order valence-electron chi connectivity index (χ3n) is 3.20. The molecule has 104 valence electrons. The highest BCUT2D eigenvalue weighted by atomic mass is 16.1. The molecule has 0 saturated carbocycles. The third kappa shape index (κ3) is 2.79. The van der Waals surface area contributed by atoms with Crippen molar-refractivity contribution in [2.75, 3.05) is 5.73 Å². The molecule has 1 aromatic heterocycles. The molecule has 0 bridgehead atoms. The van der Waals surface area contributed by atoms with Gasteiger partial charge >= 0.3 is 0 Å². The minimum absolute atomic E-state index is 0.0394. The first kappa shape index (κ1) is 14.9. The predicted molar refractivity (Wildman–Crippen MR) is 76.9 cm³/mol. The molecule has 0 aromatic carbocycles. The molecule has 2 N–H and O–H groups in total. The summed E-state index contributed by atoms with van der Waals surface area (Å²) in [6, 6.07) is 0. The minimum atomic E-state index is -0.109. The van der Waals surface area contributed by atoms with Crippen molar-refractivity contribution < 1.29 is 0 Å². The Hall–Kier alpha value is -1.19. The van der Waals surface area contributed by atoms with Gasteiger partial charge in [-0.1, -0.05) is 34.6 Å². The van der Waals surface area contributed by atoms with E-state index in [1.807, 2.05) is 4.68 Å². The largest absolute Gasteiger partial charge is 0.393 e. The smallest absolute Gasteiger partial charge is 0.290 e. The minimum Gasteiger partial charge on any atom is -0.393 e. The van der Waals surface area contributed by atoms with E-state index in [0.29, 0.717) is 11.6 Å². The zero-order valence-electron chi connectivity index (χ0n) is 12.6. The maximum Gasteiger partial charge on any atom is 0.290 e. The van der Waals surface area contributed by atoms with Gasteiger partial charge < -0.3 is 5.73 Å². The molecule has 0 radical (unpaired) electrons. The van der Waals surface area contributed by atoms with Crippen molar-refractivity contribution in [3.05, 3.63) is 16.0 Å². The summed E-state index contributed by atoms with van der Waals surface area (Å²) in [4.78, 5) is 12.2. The van der Waals surface area contributed by atoms with Gasteiger partial charge in [0.1, 0.15) is 5.69 Å². The van der Waals surface area contributed by atoms with E-state index in [0.717, 1.165) is 25.2 Å². The molecule has 18 heavy (non-hydrogen) atoms. The van der Waals surface area contributed by atoms with Crippen molar-refractivity contribution in [1.29, 1.82) is 0 Å². The molecular formula is C14H27N3O. The Labute approximate surface area is 110 Å². The Morgan fingerprint density at radius 2 is 1.78 bits per heavy atom. The second kappa shape index (κ2) is 5.21. The normalized spacial score (nSPS) is 12.4. The van der Waals surface area contributed by atoms with E-state index in [1.54, 1.807) is 4.68 Å². The van der Waals surface area contributed by atoms with Crippen LogP contribution in [-0.4, -0.2) is 9.36 Å². The van der Waals surface area contributed by atoms with Crippen LogP contribution >= 0.6 is 0 Å². The average Bonchev–Trinajstić information content (AvgIpc) is 2.48. The number of nitrogens with two attached hydrogens (primary N) is 1. The van der Waals surface area contributed by atoms with E-state index < -0.39 is 0 Å². The fourth-order valence-corrected chi connectivity index (χ4v) is 2.33. The molecule has 4 nitrogen and oxygen atoms in total. The van der Waals surface area contributed by atoms with Crippen molar-refractivity contribution in [3.8, 4) is 0 Å². The average molecular weight is 253 g/mol. The Morgan fingerprint density at radius 3 is 2.17 bits per heavy atom. The first-order valence-corrected chi connectivity index (χ1v) is 6.79. The van der Waals surface area contributed by atoms with Gasteiger partial charge in [-0.2, -0.15) is 0 Å². The third-order valence-corrected chi connectivity index (χ3v) is 3.20. The predicted octanol–water partition coefficient (Wildman–Crippen LogP) is 2.60. The molecule has 0 atom stereocenters. The van der Waals surface area contributed by atoms with Crippen LogP contribution in [0.5, 0.6) is 0 Å². The summed E-state index contributed by atoms with van der Waals surface area (Å²) in [5.41, 5.74) is 7.24. The number of anilines is 1. The second-order valence-corrected chi connectivity index (χ2v) is 6.34. The van der Waals surface area contributed by atoms with Gasteiger partial charge in [-0.25, -0.2) is 4.68 Å². The topological polar surface area (TPSA) is 52.9 Å². The monoisotopic (exact) mass is 253 g/mol. The van der Waals surface area contributed by atoms with Crippen LogP contribution in [0.2, 0.25) is 0 Å². The van der Waals surface area contributed by atoms with E-state index in [-0.39, 0.29) is 11.0 Å². The summed E-state index contributed by atoms with van der Waals surface area (Å²) in [5.74, 6) is 0.580. The molecule has 0 unspecified atom stereocenters. The van der Waals surface area contributed by atoms with E-state index in [9.17, 15) is 4.79 Å². The Balaban J connectivity index is 3.31. The van der Waals surface area contributed by atoms with Crippen LogP contribution in [0.1, 0.15) is 53.7 Å². The summed E-state index contributed by atoms with van der Waals surface area (Å²) in [7, 11) is 0. The van der Waals surface area contributed by atoms with Crippen LogP contribution in [0.25, 0.3) is 0 Å². The first-order chi connectivity index (χ1) is 8.20. The van der Waals surface area contributed by atoms with Crippen molar-refractivity contribution in [3.63, 3.8) is 0 Å². The lowest BCUT2D eigenvalue weighted by Gasteiger charge is -2.23. The highest BCUT2D eigenvalue weighted by Crippen LogP contribution is 2.26. The van der Waals surface area contributed by atoms with Crippen molar-refractivity contribution in [2.24, 2.45) is 5.92 Å². The molecule has 0 saturated heterocycles. The van der Waals surface area contributed by atoms with Crippen LogP contribution in [0.15, 0.2) is 4.79 Å². The van der Waals surface area contributed by atoms with E-state index in [2.05, 4.69) is 41.5 Å². The molecule has 1 rings (SSSR count). The molecule has 0 amide bonds. The van der Waals surface area contributed by atoms with Crippen LogP contribution in [0, 0.1) is 5.92 Å². The second-order valence-electron chi connectivity index (χ2n) is 6.34. The summed E-state index contributed by atoms with van der Waals surface area (Å²) in [6.45, 7) is 14.2. The molecule has 0 aliphatic rings. The van der Waals surface area contributed by atoms with Gasteiger partial charge in [-0.15, -0.1) is 0 Å². The Bertz CT molecular complexity index is 461. The summed E-state index contributed by atoms with van der Waals surface area (Å²) < 4.78 is 3.84. The standard InChI is InChI=1S/C14H27N3O/c1-7-16-12(14(4,5)6)11(15)13(18)17(16)9-8-10(2)3/h10H,7-9,15H2,1-6H3. The van der Waals surface area contributed by atoms with Crippen LogP contribution in [0.3, 0.4) is 0 Å². The van der Waals surface area contributed by atoms with Gasteiger partial charge in [-0.3, -0.25) is 9.48 Å². The summed E-state index contributed by atoms with van der Waals surface area (Å²) in [6.07, 6.45) is 0.993. The van der Waals surface area contributed by atoms with Gasteiger partial charge in [0.25, 0.3) is 5.56 Å². The molecule has 1 heterocycles. The highest BCUT2D eigenvalue weighted by Gasteiger charge is 2.26. The number of hydrogen-bond acceptors (Lipinski definition) is 2. The Kier molecular flexibility index (Phi) is 4.30. The van der Waals surface area contributed by atoms with E-state index >= 15 is 0 Å². The SMILES string of the molecule is CCn1c(C(C)(C)C)c(N)c(=O)n1CCC(C)C. The molecule has 1 aromatic rings. The van der Waals surface area contributed by atoms with Crippen molar-refractivity contribution >= 4 is 5.69 Å². The molecule has 4 heteroatoms. The van der Waals surface area contributed by atoms with E-state index in [1.165, 1.54) is 0 Å². The molecule has 0 aliphatic heterocycles. The zero-order chi connectivity index (χ0) is 14.1. The van der Waals surface area contributed by atoms with Crippen molar-refractivity contribution in [2.45, 2.75) is 66.5 Å². The highest BCUT2D eigenvalue weighted by molar-refractivity contribution is 5.45. The fourth-order valence-electron chi connectivity index (χ4n) is 2.33. The number of hydrogen-bond donors (Lipinski definition) is 1. The van der Waals surface area contributed by atoms with Gasteiger partial charge in [0.15, 0.2) is 0 Å². The van der Waals surface area contributed by atoms with Crippen LogP contribution < -0.4 is 11.3 Å². The summed E-state index contributed by atoms with van der Waals surface area (Å²) in [5, 5.41) is 0. The number of nitrogen functional groups attached to an aromatic ring is 1. The van der Waals surface area contributed by atoms with Crippen molar-refractivity contribution in [1.82, 2.24) is 9.36 Å². The van der Waals surface area contributed by atoms with E-state index in [4.69, 9.17) is 5.73 Å². The quantitative estimate of drug-likeness (QED) is 0.896. The first-order valence-electron chi connectivity index (χ1n) is 6.79. The molecule has 0 aliphatic carbocycles. The van der Waals surface area contributed by atoms with Gasteiger partial charge in [0.05, 0.1) is 5.69 Å². The van der Waals surface area contributed by atoms with Crippen LogP contribution in [-0.2, 0) is 18.5 Å². The molecule has 0 spiro atoms. The lowest BCUT2D eigenvalue weighted by molar-refractivity contribution is 0.382. The number of nitrogens with zero attached hydrogens (tertiary/aromatic N) is 2. The number of aromatic nitrogens is 2. The van der Waals surface area contributed by atoms with Gasteiger partial charge in [0.2, 0.25) is 0 Å². The Morgan fingerprint density at radius 1 is 1.22 bits per heavy atom. The maximum atomic E-state index is 12.2. The summed E-state index contributed by atoms with van der Waals surface area (Å²) >= 11 is 0. The fraction of sp³-hybridized carbons (Fsp3) is 0.786. The van der Waals surface area contributed by atoms with Gasteiger partial charge in [-0.05, 0) is 19.3 Å². The zero-order valence-corrected chi connectivity index (χ0v) is 12.6. The lowest BCUT2D eigenvalue weighted by Crippen LogP contribution is -2.26. The van der Waals surface area contributed by atoms with Crippen LogP contribution in [0.4, 0.5) is 5.69 Å². The maximum absolute atomic E-state index is 12.2. The molecule has 0 fully saturated rings. The lowest BCUT2D eigenvalue weighted by atomic mass is 9.91.